The Hall–Kier alpha value is -2.05. The zero-order valence-corrected chi connectivity index (χ0v) is 12.8. The second kappa shape index (κ2) is 7.10. The molecule has 1 N–H and O–H groups in total. The van der Waals surface area contributed by atoms with Crippen molar-refractivity contribution < 1.29 is 14.3 Å². The number of hydrogen-bond donors (Lipinski definition) is 1. The molecule has 1 aliphatic rings. The molecule has 1 aromatic rings. The zero-order chi connectivity index (χ0) is 15.2. The van der Waals surface area contributed by atoms with Crippen molar-refractivity contribution >= 4 is 11.9 Å². The molecule has 1 unspecified atom stereocenters. The van der Waals surface area contributed by atoms with E-state index in [0.29, 0.717) is 17.7 Å². The molecule has 1 aromatic heterocycles. The number of amides is 1. The first kappa shape index (κ1) is 15.3. The number of carbonyl (C=O) groups is 1. The van der Waals surface area contributed by atoms with Crippen LogP contribution >= 0.6 is 0 Å². The quantitative estimate of drug-likeness (QED) is 0.882. The summed E-state index contributed by atoms with van der Waals surface area (Å²) in [6, 6.07) is 1.20. The van der Waals surface area contributed by atoms with Gasteiger partial charge >= 0.3 is 0 Å². The molecule has 116 valence electrons. The van der Waals surface area contributed by atoms with Gasteiger partial charge < -0.3 is 19.7 Å². The predicted octanol–water partition coefficient (Wildman–Crippen LogP) is 1.31. The van der Waals surface area contributed by atoms with E-state index >= 15 is 0 Å². The number of likely N-dealkylation sites (tertiary alicyclic amines) is 1. The summed E-state index contributed by atoms with van der Waals surface area (Å²) in [6.07, 6.45) is 3.34. The number of methoxy groups -OCH3 is 2. The Morgan fingerprint density at radius 2 is 1.76 bits per heavy atom. The summed E-state index contributed by atoms with van der Waals surface area (Å²) in [5, 5.41) is 3.01. The van der Waals surface area contributed by atoms with Crippen LogP contribution in [0.25, 0.3) is 0 Å². The summed E-state index contributed by atoms with van der Waals surface area (Å²) in [6.45, 7) is 3.46. The summed E-state index contributed by atoms with van der Waals surface area (Å²) in [4.78, 5) is 22.6. The fourth-order valence-electron chi connectivity index (χ4n) is 2.32. The molecule has 0 saturated carbocycles. The van der Waals surface area contributed by atoms with E-state index < -0.39 is 0 Å². The van der Waals surface area contributed by atoms with Crippen molar-refractivity contribution in [2.75, 3.05) is 32.6 Å². The van der Waals surface area contributed by atoms with Crippen molar-refractivity contribution in [2.45, 2.75) is 32.2 Å². The van der Waals surface area contributed by atoms with Crippen LogP contribution in [0.3, 0.4) is 0 Å². The predicted molar refractivity (Wildman–Crippen MR) is 78.7 cm³/mol. The average Bonchev–Trinajstić information content (AvgIpc) is 2.54. The first-order valence-corrected chi connectivity index (χ1v) is 7.16. The van der Waals surface area contributed by atoms with Crippen molar-refractivity contribution in [3.63, 3.8) is 0 Å². The lowest BCUT2D eigenvalue weighted by molar-refractivity contribution is -0.132. The fourth-order valence-corrected chi connectivity index (χ4v) is 2.32. The number of hydrogen-bond acceptors (Lipinski definition) is 6. The standard InChI is InChI=1S/C14H22N4O3/c1-10(13(19)18-7-5-4-6-8-18)15-14-16-11(20-2)9-12(17-14)21-3/h9-10H,4-8H2,1-3H3,(H,15,16,17). The molecule has 7 nitrogen and oxygen atoms in total. The molecule has 1 aliphatic heterocycles. The third-order valence-electron chi connectivity index (χ3n) is 3.48. The maximum Gasteiger partial charge on any atom is 0.244 e. The van der Waals surface area contributed by atoms with E-state index in [4.69, 9.17) is 9.47 Å². The van der Waals surface area contributed by atoms with Gasteiger partial charge in [-0.2, -0.15) is 9.97 Å². The monoisotopic (exact) mass is 294 g/mol. The number of rotatable bonds is 5. The van der Waals surface area contributed by atoms with Crippen LogP contribution in [0.5, 0.6) is 11.8 Å². The number of ether oxygens (including phenoxy) is 2. The Labute approximate surface area is 124 Å². The smallest absolute Gasteiger partial charge is 0.244 e. The van der Waals surface area contributed by atoms with Gasteiger partial charge in [0.2, 0.25) is 23.6 Å². The Balaban J connectivity index is 2.04. The van der Waals surface area contributed by atoms with Gasteiger partial charge in [0.1, 0.15) is 6.04 Å². The molecule has 2 heterocycles. The fraction of sp³-hybridized carbons (Fsp3) is 0.643. The Morgan fingerprint density at radius 1 is 1.19 bits per heavy atom. The third-order valence-corrected chi connectivity index (χ3v) is 3.48. The highest BCUT2D eigenvalue weighted by Crippen LogP contribution is 2.18. The van der Waals surface area contributed by atoms with Gasteiger partial charge in [-0.3, -0.25) is 4.79 Å². The van der Waals surface area contributed by atoms with E-state index in [2.05, 4.69) is 15.3 Å². The molecule has 21 heavy (non-hydrogen) atoms. The molecule has 1 atom stereocenters. The van der Waals surface area contributed by atoms with E-state index in [-0.39, 0.29) is 11.9 Å². The maximum absolute atomic E-state index is 12.4. The van der Waals surface area contributed by atoms with Gasteiger partial charge in [-0.25, -0.2) is 0 Å². The third kappa shape index (κ3) is 3.96. The lowest BCUT2D eigenvalue weighted by Gasteiger charge is -2.29. The van der Waals surface area contributed by atoms with Gasteiger partial charge in [-0.05, 0) is 26.2 Å². The number of carbonyl (C=O) groups excluding carboxylic acids is 1. The largest absolute Gasteiger partial charge is 0.481 e. The molecule has 1 saturated heterocycles. The summed E-state index contributed by atoms with van der Waals surface area (Å²) in [5.74, 6) is 1.17. The van der Waals surface area contributed by atoms with Crippen molar-refractivity contribution in [1.82, 2.24) is 14.9 Å². The first-order valence-electron chi connectivity index (χ1n) is 7.16. The van der Waals surface area contributed by atoms with Crippen molar-refractivity contribution in [3.05, 3.63) is 6.07 Å². The molecule has 0 spiro atoms. The molecule has 0 radical (unpaired) electrons. The molecule has 0 bridgehead atoms. The molecule has 0 aromatic carbocycles. The number of nitrogens with zero attached hydrogens (tertiary/aromatic N) is 3. The van der Waals surface area contributed by atoms with E-state index in [1.54, 1.807) is 6.07 Å². The van der Waals surface area contributed by atoms with E-state index in [0.717, 1.165) is 25.9 Å². The van der Waals surface area contributed by atoms with Crippen LogP contribution in [0.4, 0.5) is 5.95 Å². The summed E-state index contributed by atoms with van der Waals surface area (Å²) in [5.41, 5.74) is 0. The molecular weight excluding hydrogens is 272 g/mol. The summed E-state index contributed by atoms with van der Waals surface area (Å²) in [7, 11) is 3.04. The Morgan fingerprint density at radius 3 is 2.29 bits per heavy atom. The van der Waals surface area contributed by atoms with Gasteiger partial charge in [-0.15, -0.1) is 0 Å². The van der Waals surface area contributed by atoms with Crippen LogP contribution in [-0.2, 0) is 4.79 Å². The second-order valence-corrected chi connectivity index (χ2v) is 5.03. The number of piperidine rings is 1. The molecular formula is C14H22N4O3. The maximum atomic E-state index is 12.4. The van der Waals surface area contributed by atoms with Crippen molar-refractivity contribution in [1.29, 1.82) is 0 Å². The van der Waals surface area contributed by atoms with Crippen LogP contribution in [0.1, 0.15) is 26.2 Å². The SMILES string of the molecule is COc1cc(OC)nc(NC(C)C(=O)N2CCCCC2)n1. The van der Waals surface area contributed by atoms with Crippen molar-refractivity contribution in [3.8, 4) is 11.8 Å². The molecule has 0 aliphatic carbocycles. The Kier molecular flexibility index (Phi) is 5.19. The van der Waals surface area contributed by atoms with Gasteiger partial charge in [0.05, 0.1) is 20.3 Å². The first-order chi connectivity index (χ1) is 10.1. The number of nitrogens with one attached hydrogen (secondary N) is 1. The minimum Gasteiger partial charge on any atom is -0.481 e. The van der Waals surface area contributed by atoms with Crippen LogP contribution in [0, 0.1) is 0 Å². The lowest BCUT2D eigenvalue weighted by Crippen LogP contribution is -2.44. The van der Waals surface area contributed by atoms with E-state index in [1.807, 2.05) is 11.8 Å². The van der Waals surface area contributed by atoms with Crippen LogP contribution in [-0.4, -0.2) is 54.1 Å². The summed E-state index contributed by atoms with van der Waals surface area (Å²) < 4.78 is 10.2. The highest BCUT2D eigenvalue weighted by Gasteiger charge is 2.22. The second-order valence-electron chi connectivity index (χ2n) is 5.03. The van der Waals surface area contributed by atoms with E-state index in [9.17, 15) is 4.79 Å². The van der Waals surface area contributed by atoms with Gasteiger partial charge in [0, 0.05) is 13.1 Å². The highest BCUT2D eigenvalue weighted by atomic mass is 16.5. The minimum absolute atomic E-state index is 0.0695. The van der Waals surface area contributed by atoms with Gasteiger partial charge in [0.15, 0.2) is 0 Å². The molecule has 7 heteroatoms. The summed E-state index contributed by atoms with van der Waals surface area (Å²) >= 11 is 0. The van der Waals surface area contributed by atoms with Gasteiger partial charge in [-0.1, -0.05) is 0 Å². The topological polar surface area (TPSA) is 76.6 Å². The average molecular weight is 294 g/mol. The highest BCUT2D eigenvalue weighted by molar-refractivity contribution is 5.83. The normalized spacial score (nSPS) is 16.2. The lowest BCUT2D eigenvalue weighted by atomic mass is 10.1. The van der Waals surface area contributed by atoms with Crippen LogP contribution in [0.15, 0.2) is 6.07 Å². The van der Waals surface area contributed by atoms with E-state index in [1.165, 1.54) is 20.6 Å². The van der Waals surface area contributed by atoms with Crippen LogP contribution < -0.4 is 14.8 Å². The zero-order valence-electron chi connectivity index (χ0n) is 12.8. The minimum atomic E-state index is -0.389. The number of aromatic nitrogens is 2. The molecule has 1 fully saturated rings. The molecule has 2 rings (SSSR count). The Bertz CT molecular complexity index is 467. The van der Waals surface area contributed by atoms with Crippen molar-refractivity contribution in [2.24, 2.45) is 0 Å². The van der Waals surface area contributed by atoms with Gasteiger partial charge in [0.25, 0.3) is 0 Å². The number of anilines is 1. The molecule has 1 amide bonds. The van der Waals surface area contributed by atoms with Crippen LogP contribution in [0.2, 0.25) is 0 Å².